The number of anilines is 2. The molecule has 0 unspecified atom stereocenters. The molecule has 4 heterocycles. The number of carboxylic acid groups (broad SMARTS) is 2. The molecule has 0 spiro atoms. The zero-order valence-electron chi connectivity index (χ0n) is 22.5. The van der Waals surface area contributed by atoms with Gasteiger partial charge in [-0.2, -0.15) is 0 Å². The Labute approximate surface area is 256 Å². The largest absolute Gasteiger partial charge is 0.478 e. The monoisotopic (exact) mass is 653 g/mol. The lowest BCUT2D eigenvalue weighted by atomic mass is 10.0. The Hall–Kier alpha value is -4.26. The van der Waals surface area contributed by atoms with Gasteiger partial charge in [0.05, 0.1) is 11.7 Å². The van der Waals surface area contributed by atoms with Crippen LogP contribution in [0.1, 0.15) is 19.5 Å². The van der Waals surface area contributed by atoms with E-state index in [9.17, 15) is 29.1 Å². The number of carbonyl (C=O) groups is 5. The standard InChI is InChI=1S/C24H25ClN8O8S2/c1-9(26)18(34)28-12-3-5-32(6-4-12)7-11-8-42-21-15(20(36)33(21)16(11)23(39)40)29-19(35)14(31-41-10(2)22(37)38)13-17(25)43-24(27)30-13/h3-6,9-10,15,21H,7-8,26H2,1-2H3,(H5,27,29,30,35,37,38,39,40)/p+1/b31-14-/t9-,10-,15+,21+/m0/s1. The summed E-state index contributed by atoms with van der Waals surface area (Å²) in [5.41, 5.74) is 11.3. The number of hydrogen-bond donors (Lipinski definition) is 6. The number of nitrogens with one attached hydrogen (secondary N) is 2. The van der Waals surface area contributed by atoms with Crippen LogP contribution in [-0.4, -0.2) is 84.8 Å². The molecule has 0 bridgehead atoms. The molecular formula is C24H26ClN8O8S2+. The first kappa shape index (κ1) is 31.7. The molecule has 16 nitrogen and oxygen atoms in total. The molecule has 1 fully saturated rings. The van der Waals surface area contributed by atoms with Gasteiger partial charge in [-0.15, -0.1) is 11.8 Å². The molecule has 228 valence electrons. The molecule has 19 heteroatoms. The Kier molecular flexibility index (Phi) is 9.53. The Bertz CT molecular complexity index is 1540. The number of aromatic nitrogens is 2. The molecule has 0 saturated carbocycles. The normalized spacial score (nSPS) is 19.6. The fourth-order valence-corrected chi connectivity index (χ4v) is 6.23. The summed E-state index contributed by atoms with van der Waals surface area (Å²) in [4.78, 5) is 71.6. The van der Waals surface area contributed by atoms with Crippen LogP contribution in [0.15, 0.2) is 41.0 Å². The number of thioether (sulfide) groups is 1. The molecule has 8 N–H and O–H groups in total. The molecule has 2 aliphatic heterocycles. The van der Waals surface area contributed by atoms with E-state index in [1.807, 2.05) is 0 Å². The number of thiazole rings is 1. The number of aliphatic carboxylic acids is 2. The minimum Gasteiger partial charge on any atom is -0.478 e. The van der Waals surface area contributed by atoms with Crippen molar-refractivity contribution in [1.29, 1.82) is 0 Å². The van der Waals surface area contributed by atoms with Gasteiger partial charge in [-0.05, 0) is 13.8 Å². The fraction of sp³-hybridized carbons (Fsp3) is 0.333. The number of halogens is 1. The summed E-state index contributed by atoms with van der Waals surface area (Å²) in [6.07, 6.45) is 1.87. The number of fused-ring (bicyclic) bond motifs is 1. The number of β-lactam (4-membered cyclic amide) rings is 1. The zero-order valence-corrected chi connectivity index (χ0v) is 24.9. The number of carbonyl (C=O) groups excluding carboxylic acids is 3. The average Bonchev–Trinajstić information content (AvgIpc) is 3.29. The predicted molar refractivity (Wildman–Crippen MR) is 155 cm³/mol. The third-order valence-electron chi connectivity index (χ3n) is 6.17. The molecule has 3 amide bonds. The first-order valence-electron chi connectivity index (χ1n) is 12.4. The molecule has 1 saturated heterocycles. The average molecular weight is 654 g/mol. The van der Waals surface area contributed by atoms with Crippen LogP contribution in [0.2, 0.25) is 4.34 Å². The maximum absolute atomic E-state index is 13.2. The number of nitrogen functional groups attached to an aromatic ring is 1. The highest BCUT2D eigenvalue weighted by atomic mass is 35.5. The highest BCUT2D eigenvalue weighted by molar-refractivity contribution is 8.00. The second kappa shape index (κ2) is 12.9. The summed E-state index contributed by atoms with van der Waals surface area (Å²) >= 11 is 8.22. The first-order valence-corrected chi connectivity index (χ1v) is 14.7. The van der Waals surface area contributed by atoms with Crippen LogP contribution in [0, 0.1) is 0 Å². The van der Waals surface area contributed by atoms with Gasteiger partial charge in [0.15, 0.2) is 29.8 Å². The second-order valence-electron chi connectivity index (χ2n) is 9.36. The zero-order chi connectivity index (χ0) is 31.6. The minimum atomic E-state index is -1.42. The number of carboxylic acids is 2. The van der Waals surface area contributed by atoms with Crippen molar-refractivity contribution in [2.75, 3.05) is 16.8 Å². The Morgan fingerprint density at radius 3 is 2.51 bits per heavy atom. The molecular weight excluding hydrogens is 628 g/mol. The number of rotatable bonds is 11. The van der Waals surface area contributed by atoms with E-state index < -0.39 is 53.0 Å². The maximum Gasteiger partial charge on any atom is 0.352 e. The van der Waals surface area contributed by atoms with Gasteiger partial charge in [0, 0.05) is 23.5 Å². The lowest BCUT2D eigenvalue weighted by Crippen LogP contribution is -2.71. The Morgan fingerprint density at radius 1 is 1.28 bits per heavy atom. The molecule has 0 aliphatic carbocycles. The molecule has 0 aromatic carbocycles. The van der Waals surface area contributed by atoms with Gasteiger partial charge in [0.25, 0.3) is 11.8 Å². The highest BCUT2D eigenvalue weighted by Crippen LogP contribution is 2.40. The number of amides is 3. The maximum atomic E-state index is 13.2. The van der Waals surface area contributed by atoms with Gasteiger partial charge < -0.3 is 37.2 Å². The fourth-order valence-electron chi connectivity index (χ4n) is 3.97. The van der Waals surface area contributed by atoms with Crippen molar-refractivity contribution in [2.24, 2.45) is 10.9 Å². The molecule has 2 aromatic rings. The van der Waals surface area contributed by atoms with Crippen LogP contribution in [-0.2, 0) is 35.4 Å². The summed E-state index contributed by atoms with van der Waals surface area (Å²) in [5, 5.41) is 27.1. The predicted octanol–water partition coefficient (Wildman–Crippen LogP) is -0.415. The van der Waals surface area contributed by atoms with Gasteiger partial charge in [-0.3, -0.25) is 19.3 Å². The quantitative estimate of drug-likeness (QED) is 0.0784. The number of oxime groups is 1. The van der Waals surface area contributed by atoms with Gasteiger partial charge in [0.2, 0.25) is 12.0 Å². The van der Waals surface area contributed by atoms with E-state index in [1.165, 1.54) is 18.7 Å². The smallest absolute Gasteiger partial charge is 0.352 e. The van der Waals surface area contributed by atoms with Crippen molar-refractivity contribution in [2.45, 2.75) is 44.0 Å². The Balaban J connectivity index is 1.51. The van der Waals surface area contributed by atoms with E-state index in [0.717, 1.165) is 16.2 Å². The molecule has 0 radical (unpaired) electrons. The van der Waals surface area contributed by atoms with Crippen LogP contribution in [0.4, 0.5) is 10.8 Å². The molecule has 2 aliphatic rings. The van der Waals surface area contributed by atoms with Crippen molar-refractivity contribution in [1.82, 2.24) is 15.2 Å². The van der Waals surface area contributed by atoms with Crippen molar-refractivity contribution in [3.05, 3.63) is 45.8 Å². The Morgan fingerprint density at radius 2 is 1.95 bits per heavy atom. The van der Waals surface area contributed by atoms with Gasteiger partial charge in [0.1, 0.15) is 27.1 Å². The minimum absolute atomic E-state index is 0.00620. The molecule has 2 aromatic heterocycles. The SMILES string of the molecule is C[C@H](N)C(=O)Nc1cc[n+](CC2=C(C(=O)O)N3C(=O)[C@@H](NC(=O)/C(=N\O[C@@H](C)C(=O)O)c4nc(N)sc4Cl)[C@H]3SC2)cc1. The van der Waals surface area contributed by atoms with E-state index in [1.54, 1.807) is 36.0 Å². The summed E-state index contributed by atoms with van der Waals surface area (Å²) in [6.45, 7) is 2.88. The van der Waals surface area contributed by atoms with Gasteiger partial charge in [-0.1, -0.05) is 28.1 Å². The topological polar surface area (TPSA) is 244 Å². The van der Waals surface area contributed by atoms with Crippen molar-refractivity contribution < 1.29 is 43.6 Å². The third-order valence-corrected chi connectivity index (χ3v) is 8.60. The lowest BCUT2D eigenvalue weighted by molar-refractivity contribution is -0.688. The first-order chi connectivity index (χ1) is 20.3. The van der Waals surface area contributed by atoms with Crippen molar-refractivity contribution >= 4 is 80.9 Å². The van der Waals surface area contributed by atoms with Crippen molar-refractivity contribution in [3.63, 3.8) is 0 Å². The van der Waals surface area contributed by atoms with Crippen LogP contribution < -0.4 is 26.7 Å². The van der Waals surface area contributed by atoms with Gasteiger partial charge >= 0.3 is 11.9 Å². The molecule has 4 atom stereocenters. The van der Waals surface area contributed by atoms with E-state index >= 15 is 0 Å². The summed E-state index contributed by atoms with van der Waals surface area (Å²) < 4.78 is 1.67. The number of nitrogens with two attached hydrogens (primary N) is 2. The van der Waals surface area contributed by atoms with Crippen LogP contribution >= 0.6 is 34.7 Å². The van der Waals surface area contributed by atoms with Crippen LogP contribution in [0.25, 0.3) is 0 Å². The van der Waals surface area contributed by atoms with Crippen LogP contribution in [0.3, 0.4) is 0 Å². The van der Waals surface area contributed by atoms with Gasteiger partial charge in [-0.25, -0.2) is 19.1 Å². The second-order valence-corrected chi connectivity index (χ2v) is 12.1. The van der Waals surface area contributed by atoms with Crippen LogP contribution in [0.5, 0.6) is 0 Å². The van der Waals surface area contributed by atoms with E-state index in [4.69, 9.17) is 33.0 Å². The number of pyridine rings is 1. The number of nitrogens with zero attached hydrogens (tertiary/aromatic N) is 4. The summed E-state index contributed by atoms with van der Waals surface area (Å²) in [6, 6.07) is 1.43. The lowest BCUT2D eigenvalue weighted by Gasteiger charge is -2.49. The van der Waals surface area contributed by atoms with E-state index in [-0.39, 0.29) is 39.1 Å². The van der Waals surface area contributed by atoms with E-state index in [2.05, 4.69) is 20.8 Å². The highest BCUT2D eigenvalue weighted by Gasteiger charge is 2.55. The molecule has 43 heavy (non-hydrogen) atoms. The molecule has 4 rings (SSSR count). The number of hydrogen-bond acceptors (Lipinski definition) is 12. The van der Waals surface area contributed by atoms with E-state index in [0.29, 0.717) is 11.3 Å². The summed E-state index contributed by atoms with van der Waals surface area (Å²) in [5.74, 6) is -4.43. The summed E-state index contributed by atoms with van der Waals surface area (Å²) in [7, 11) is 0. The van der Waals surface area contributed by atoms with Crippen molar-refractivity contribution in [3.8, 4) is 0 Å². The third kappa shape index (κ3) is 6.87.